The van der Waals surface area contributed by atoms with Gasteiger partial charge in [-0.1, -0.05) is 13.8 Å². The zero-order valence-corrected chi connectivity index (χ0v) is 14.1. The average molecular weight is 328 g/mol. The molecular weight excluding hydrogens is 302 g/mol. The van der Waals surface area contributed by atoms with Gasteiger partial charge in [0.2, 0.25) is 0 Å². The van der Waals surface area contributed by atoms with Crippen molar-refractivity contribution in [3.8, 4) is 0 Å². The summed E-state index contributed by atoms with van der Waals surface area (Å²) >= 11 is 3.69. The second kappa shape index (κ2) is 6.40. The van der Waals surface area contributed by atoms with E-state index in [2.05, 4.69) is 54.2 Å². The first-order valence-corrected chi connectivity index (χ1v) is 8.25. The van der Waals surface area contributed by atoms with E-state index in [1.807, 2.05) is 4.68 Å². The van der Waals surface area contributed by atoms with Crippen LogP contribution in [-0.4, -0.2) is 22.4 Å². The summed E-state index contributed by atoms with van der Waals surface area (Å²) < 4.78 is 3.24. The third-order valence-electron chi connectivity index (χ3n) is 4.60. The van der Waals surface area contributed by atoms with Crippen LogP contribution in [0.15, 0.2) is 4.47 Å². The molecule has 0 saturated heterocycles. The van der Waals surface area contributed by atoms with E-state index in [1.54, 1.807) is 0 Å². The molecule has 1 aromatic rings. The second-order valence-corrected chi connectivity index (χ2v) is 6.72. The topological polar surface area (TPSA) is 29.9 Å². The molecule has 0 aliphatic heterocycles. The van der Waals surface area contributed by atoms with Crippen molar-refractivity contribution < 1.29 is 0 Å². The van der Waals surface area contributed by atoms with Crippen LogP contribution in [0.4, 0.5) is 0 Å². The first-order chi connectivity index (χ1) is 9.04. The molecule has 1 saturated carbocycles. The quantitative estimate of drug-likeness (QED) is 0.897. The van der Waals surface area contributed by atoms with Crippen molar-refractivity contribution in [1.82, 2.24) is 15.1 Å². The Morgan fingerprint density at radius 2 is 2.16 bits per heavy atom. The molecule has 2 rings (SSSR count). The summed E-state index contributed by atoms with van der Waals surface area (Å²) in [4.78, 5) is 0. The molecule has 3 nitrogen and oxygen atoms in total. The number of aromatic nitrogens is 2. The number of rotatable bonds is 5. The van der Waals surface area contributed by atoms with Crippen LogP contribution in [0.2, 0.25) is 0 Å². The minimum atomic E-state index is 0.707. The summed E-state index contributed by atoms with van der Waals surface area (Å²) in [5, 5.41) is 8.20. The lowest BCUT2D eigenvalue weighted by atomic mass is 9.91. The molecule has 1 heterocycles. The molecule has 0 bridgehead atoms. The summed E-state index contributed by atoms with van der Waals surface area (Å²) in [6.07, 6.45) is 5.02. The van der Waals surface area contributed by atoms with Crippen molar-refractivity contribution in [3.63, 3.8) is 0 Å². The SMILES string of the molecule is CCCNC1CCC(Cc2c(Br)c(C)nn2C)C1C. The van der Waals surface area contributed by atoms with Gasteiger partial charge in [0, 0.05) is 13.1 Å². The lowest BCUT2D eigenvalue weighted by Crippen LogP contribution is -2.33. The lowest BCUT2D eigenvalue weighted by molar-refractivity contribution is 0.346. The molecule has 3 atom stereocenters. The van der Waals surface area contributed by atoms with E-state index in [0.717, 1.165) is 30.5 Å². The monoisotopic (exact) mass is 327 g/mol. The number of halogens is 1. The summed E-state index contributed by atoms with van der Waals surface area (Å²) in [7, 11) is 2.06. The van der Waals surface area contributed by atoms with Gasteiger partial charge in [0.25, 0.3) is 0 Å². The first-order valence-electron chi connectivity index (χ1n) is 7.46. The van der Waals surface area contributed by atoms with Crippen molar-refractivity contribution in [2.24, 2.45) is 18.9 Å². The van der Waals surface area contributed by atoms with Gasteiger partial charge in [-0.25, -0.2) is 0 Å². The Morgan fingerprint density at radius 3 is 2.74 bits per heavy atom. The maximum atomic E-state index is 4.50. The fourth-order valence-electron chi connectivity index (χ4n) is 3.30. The van der Waals surface area contributed by atoms with Crippen LogP contribution >= 0.6 is 15.9 Å². The van der Waals surface area contributed by atoms with E-state index in [4.69, 9.17) is 0 Å². The van der Waals surface area contributed by atoms with Crippen LogP contribution in [0.25, 0.3) is 0 Å². The minimum Gasteiger partial charge on any atom is -0.314 e. The molecule has 1 aromatic heterocycles. The summed E-state index contributed by atoms with van der Waals surface area (Å²) in [5.74, 6) is 1.54. The molecular formula is C15H26BrN3. The van der Waals surface area contributed by atoms with Crippen molar-refractivity contribution in [3.05, 3.63) is 15.9 Å². The highest BCUT2D eigenvalue weighted by Crippen LogP contribution is 2.36. The molecule has 108 valence electrons. The molecule has 3 unspecified atom stereocenters. The summed E-state index contributed by atoms with van der Waals surface area (Å²) in [6.45, 7) is 7.86. The molecule has 4 heteroatoms. The van der Waals surface area contributed by atoms with E-state index < -0.39 is 0 Å². The van der Waals surface area contributed by atoms with Gasteiger partial charge in [0.1, 0.15) is 0 Å². The fraction of sp³-hybridized carbons (Fsp3) is 0.800. The van der Waals surface area contributed by atoms with Gasteiger partial charge < -0.3 is 5.32 Å². The Labute approximate surface area is 125 Å². The van der Waals surface area contributed by atoms with E-state index in [1.165, 1.54) is 29.4 Å². The van der Waals surface area contributed by atoms with Crippen molar-refractivity contribution in [2.75, 3.05) is 6.54 Å². The van der Waals surface area contributed by atoms with Crippen LogP contribution in [0.1, 0.15) is 44.5 Å². The highest BCUT2D eigenvalue weighted by Gasteiger charge is 2.33. The van der Waals surface area contributed by atoms with Crippen LogP contribution in [0.5, 0.6) is 0 Å². The predicted molar refractivity (Wildman–Crippen MR) is 83.3 cm³/mol. The average Bonchev–Trinajstić information content (AvgIpc) is 2.83. The second-order valence-electron chi connectivity index (χ2n) is 5.93. The molecule has 1 fully saturated rings. The van der Waals surface area contributed by atoms with E-state index >= 15 is 0 Å². The number of hydrogen-bond acceptors (Lipinski definition) is 2. The Bertz CT molecular complexity index is 427. The number of hydrogen-bond donors (Lipinski definition) is 1. The van der Waals surface area contributed by atoms with Gasteiger partial charge in [-0.05, 0) is 66.9 Å². The molecule has 0 radical (unpaired) electrons. The molecule has 1 N–H and O–H groups in total. The lowest BCUT2D eigenvalue weighted by Gasteiger charge is -2.22. The summed E-state index contributed by atoms with van der Waals surface area (Å²) in [5.41, 5.74) is 2.45. The smallest absolute Gasteiger partial charge is 0.0738 e. The molecule has 0 aromatic carbocycles. The van der Waals surface area contributed by atoms with Gasteiger partial charge in [0.05, 0.1) is 15.9 Å². The highest BCUT2D eigenvalue weighted by molar-refractivity contribution is 9.10. The Kier molecular flexibility index (Phi) is 5.07. The van der Waals surface area contributed by atoms with Crippen molar-refractivity contribution in [1.29, 1.82) is 0 Å². The van der Waals surface area contributed by atoms with Gasteiger partial charge in [-0.3, -0.25) is 4.68 Å². The predicted octanol–water partition coefficient (Wildman–Crippen LogP) is 3.45. The molecule has 1 aliphatic carbocycles. The standard InChI is InChI=1S/C15H26BrN3/c1-5-8-17-13-7-6-12(10(13)2)9-14-15(16)11(3)18-19(14)4/h10,12-13,17H,5-9H2,1-4H3. The number of nitrogens with one attached hydrogen (secondary N) is 1. The molecule has 0 amide bonds. The zero-order chi connectivity index (χ0) is 14.0. The van der Waals surface area contributed by atoms with Gasteiger partial charge in [0.15, 0.2) is 0 Å². The van der Waals surface area contributed by atoms with Crippen LogP contribution < -0.4 is 5.32 Å². The van der Waals surface area contributed by atoms with Gasteiger partial charge in [-0.2, -0.15) is 5.10 Å². The number of aryl methyl sites for hydroxylation is 2. The third kappa shape index (κ3) is 3.22. The van der Waals surface area contributed by atoms with E-state index in [9.17, 15) is 0 Å². The first kappa shape index (κ1) is 15.0. The Hall–Kier alpha value is -0.350. The zero-order valence-electron chi connectivity index (χ0n) is 12.5. The highest BCUT2D eigenvalue weighted by atomic mass is 79.9. The minimum absolute atomic E-state index is 0.707. The maximum Gasteiger partial charge on any atom is 0.0738 e. The number of nitrogens with zero attached hydrogens (tertiary/aromatic N) is 2. The van der Waals surface area contributed by atoms with Crippen molar-refractivity contribution in [2.45, 2.75) is 52.5 Å². The molecule has 19 heavy (non-hydrogen) atoms. The molecule has 0 spiro atoms. The summed E-state index contributed by atoms with van der Waals surface area (Å²) in [6, 6.07) is 0.707. The normalized spacial score (nSPS) is 27.1. The maximum absolute atomic E-state index is 4.50. The van der Waals surface area contributed by atoms with E-state index in [-0.39, 0.29) is 0 Å². The van der Waals surface area contributed by atoms with Gasteiger partial charge >= 0.3 is 0 Å². The van der Waals surface area contributed by atoms with Crippen molar-refractivity contribution >= 4 is 15.9 Å². The largest absolute Gasteiger partial charge is 0.314 e. The van der Waals surface area contributed by atoms with Gasteiger partial charge in [-0.15, -0.1) is 0 Å². The van der Waals surface area contributed by atoms with Crippen LogP contribution in [0, 0.1) is 18.8 Å². The van der Waals surface area contributed by atoms with E-state index in [0.29, 0.717) is 6.04 Å². The third-order valence-corrected chi connectivity index (χ3v) is 5.63. The van der Waals surface area contributed by atoms with Crippen LogP contribution in [-0.2, 0) is 13.5 Å². The Morgan fingerprint density at radius 1 is 1.42 bits per heavy atom. The molecule has 1 aliphatic rings. The van der Waals surface area contributed by atoms with Crippen LogP contribution in [0.3, 0.4) is 0 Å². The fourth-order valence-corrected chi connectivity index (χ4v) is 3.80. The Balaban J connectivity index is 2.00.